The van der Waals surface area contributed by atoms with Crippen LogP contribution in [0.25, 0.3) is 0 Å². The van der Waals surface area contributed by atoms with E-state index < -0.39 is 0 Å². The fraction of sp³-hybridized carbons (Fsp3) is 0.333. The summed E-state index contributed by atoms with van der Waals surface area (Å²) >= 11 is 0. The van der Waals surface area contributed by atoms with Gasteiger partial charge in [-0.1, -0.05) is 36.4 Å². The van der Waals surface area contributed by atoms with Crippen LogP contribution in [0.4, 0.5) is 0 Å². The minimum atomic E-state index is 1.03. The summed E-state index contributed by atoms with van der Waals surface area (Å²) in [5.41, 5.74) is 6.04. The van der Waals surface area contributed by atoms with Gasteiger partial charge in [0.1, 0.15) is 0 Å². The Morgan fingerprint density at radius 1 is 1.06 bits per heavy atom. The molecule has 16 heavy (non-hydrogen) atoms. The first kappa shape index (κ1) is 9.71. The summed E-state index contributed by atoms with van der Waals surface area (Å²) < 4.78 is 0. The largest absolute Gasteiger partial charge is 0.381 e. The zero-order valence-electron chi connectivity index (χ0n) is 9.50. The van der Waals surface area contributed by atoms with Crippen LogP contribution in [0.2, 0.25) is 0 Å². The Hall–Kier alpha value is -1.50. The first-order valence-corrected chi connectivity index (χ1v) is 6.13. The van der Waals surface area contributed by atoms with Crippen molar-refractivity contribution in [2.45, 2.75) is 25.7 Å². The molecule has 1 aromatic carbocycles. The van der Waals surface area contributed by atoms with E-state index >= 15 is 0 Å². The molecule has 0 aromatic heterocycles. The molecule has 3 rings (SSSR count). The lowest BCUT2D eigenvalue weighted by Crippen LogP contribution is -2.14. The topological polar surface area (TPSA) is 12.0 Å². The van der Waals surface area contributed by atoms with Crippen LogP contribution in [-0.2, 0) is 6.42 Å². The molecule has 0 atom stereocenters. The van der Waals surface area contributed by atoms with E-state index in [1.807, 2.05) is 0 Å². The lowest BCUT2D eigenvalue weighted by atomic mass is 9.89. The van der Waals surface area contributed by atoms with Gasteiger partial charge in [0.25, 0.3) is 0 Å². The highest BCUT2D eigenvalue weighted by Crippen LogP contribution is 2.32. The summed E-state index contributed by atoms with van der Waals surface area (Å²) in [5, 5.41) is 3.52. The third-order valence-electron chi connectivity index (χ3n) is 3.49. The van der Waals surface area contributed by atoms with E-state index in [0.29, 0.717) is 0 Å². The van der Waals surface area contributed by atoms with Crippen LogP contribution in [0.5, 0.6) is 0 Å². The van der Waals surface area contributed by atoms with Gasteiger partial charge in [-0.2, -0.15) is 0 Å². The summed E-state index contributed by atoms with van der Waals surface area (Å²) in [6, 6.07) is 10.8. The Bertz CT molecular complexity index is 440. The summed E-state index contributed by atoms with van der Waals surface area (Å²) in [4.78, 5) is 0. The molecule has 1 heteroatoms. The quantitative estimate of drug-likeness (QED) is 0.792. The smallest absolute Gasteiger partial charge is 0.0367 e. The van der Waals surface area contributed by atoms with Crippen molar-refractivity contribution in [3.05, 3.63) is 58.8 Å². The van der Waals surface area contributed by atoms with Crippen molar-refractivity contribution in [2.24, 2.45) is 0 Å². The normalized spacial score (nSPS) is 19.1. The van der Waals surface area contributed by atoms with Gasteiger partial charge in [0.05, 0.1) is 0 Å². The van der Waals surface area contributed by atoms with E-state index in [9.17, 15) is 0 Å². The fourth-order valence-corrected chi connectivity index (χ4v) is 2.71. The van der Waals surface area contributed by atoms with E-state index in [4.69, 9.17) is 0 Å². The van der Waals surface area contributed by atoms with Crippen LogP contribution in [0.1, 0.15) is 24.8 Å². The number of nitrogens with one attached hydrogen (secondary N) is 1. The van der Waals surface area contributed by atoms with Gasteiger partial charge in [0.2, 0.25) is 0 Å². The summed E-state index contributed by atoms with van der Waals surface area (Å²) in [6.07, 6.45) is 7.30. The molecule has 0 saturated carbocycles. The van der Waals surface area contributed by atoms with Gasteiger partial charge in [-0.3, -0.25) is 0 Å². The summed E-state index contributed by atoms with van der Waals surface area (Å²) in [5.74, 6) is 0. The monoisotopic (exact) mass is 211 g/mol. The van der Waals surface area contributed by atoms with Crippen LogP contribution in [0, 0.1) is 0 Å². The molecule has 1 aliphatic heterocycles. The number of hydrogen-bond acceptors (Lipinski definition) is 1. The van der Waals surface area contributed by atoms with Crippen molar-refractivity contribution in [3.63, 3.8) is 0 Å². The molecule has 1 N–H and O–H groups in total. The second-order valence-corrected chi connectivity index (χ2v) is 4.60. The number of hydrogen-bond donors (Lipinski definition) is 1. The molecule has 1 nitrogen and oxygen atoms in total. The third-order valence-corrected chi connectivity index (χ3v) is 3.49. The van der Waals surface area contributed by atoms with E-state index in [0.717, 1.165) is 13.0 Å². The van der Waals surface area contributed by atoms with Gasteiger partial charge in [-0.05, 0) is 42.4 Å². The molecule has 0 bridgehead atoms. The molecule has 0 saturated heterocycles. The van der Waals surface area contributed by atoms with Crippen LogP contribution in [0.3, 0.4) is 0 Å². The standard InChI is InChI=1S/C15H17N/c1-2-5-12(6-3-1)11-14-8-4-7-13-9-10-16-15(13)14/h1-3,5-6,9,16H,4,7-8,10-11H2. The maximum atomic E-state index is 3.52. The molecular weight excluding hydrogens is 194 g/mol. The van der Waals surface area contributed by atoms with Crippen molar-refractivity contribution >= 4 is 0 Å². The Kier molecular flexibility index (Phi) is 2.53. The molecule has 0 unspecified atom stereocenters. The van der Waals surface area contributed by atoms with Crippen molar-refractivity contribution < 1.29 is 0 Å². The number of benzene rings is 1. The van der Waals surface area contributed by atoms with Crippen LogP contribution >= 0.6 is 0 Å². The van der Waals surface area contributed by atoms with Crippen LogP contribution in [0.15, 0.2) is 53.3 Å². The van der Waals surface area contributed by atoms with Gasteiger partial charge in [-0.15, -0.1) is 0 Å². The summed E-state index contributed by atoms with van der Waals surface area (Å²) in [7, 11) is 0. The average molecular weight is 211 g/mol. The number of allylic oxidation sites excluding steroid dienone is 2. The lowest BCUT2D eigenvalue weighted by Gasteiger charge is -2.20. The number of rotatable bonds is 2. The Balaban J connectivity index is 1.87. The molecule has 0 amide bonds. The van der Waals surface area contributed by atoms with Gasteiger partial charge >= 0.3 is 0 Å². The highest BCUT2D eigenvalue weighted by atomic mass is 14.9. The van der Waals surface area contributed by atoms with E-state index in [1.165, 1.54) is 30.5 Å². The first-order valence-electron chi connectivity index (χ1n) is 6.13. The molecule has 1 heterocycles. The lowest BCUT2D eigenvalue weighted by molar-refractivity contribution is 0.727. The molecule has 2 aliphatic rings. The first-order chi connectivity index (χ1) is 7.93. The molecule has 1 aliphatic carbocycles. The van der Waals surface area contributed by atoms with Crippen molar-refractivity contribution in [1.29, 1.82) is 0 Å². The van der Waals surface area contributed by atoms with Crippen molar-refractivity contribution in [2.75, 3.05) is 6.54 Å². The summed E-state index contributed by atoms with van der Waals surface area (Å²) in [6.45, 7) is 1.03. The van der Waals surface area contributed by atoms with Gasteiger partial charge in [-0.25, -0.2) is 0 Å². The molecule has 1 aromatic rings. The molecule has 0 fully saturated rings. The van der Waals surface area contributed by atoms with Gasteiger partial charge < -0.3 is 5.32 Å². The van der Waals surface area contributed by atoms with E-state index in [2.05, 4.69) is 41.7 Å². The second-order valence-electron chi connectivity index (χ2n) is 4.60. The second kappa shape index (κ2) is 4.17. The van der Waals surface area contributed by atoms with Gasteiger partial charge in [0, 0.05) is 12.2 Å². The van der Waals surface area contributed by atoms with Crippen molar-refractivity contribution in [3.8, 4) is 0 Å². The minimum Gasteiger partial charge on any atom is -0.381 e. The van der Waals surface area contributed by atoms with Gasteiger partial charge in [0.15, 0.2) is 0 Å². The minimum absolute atomic E-state index is 1.03. The highest BCUT2D eigenvalue weighted by Gasteiger charge is 2.19. The van der Waals surface area contributed by atoms with E-state index in [1.54, 1.807) is 11.1 Å². The third kappa shape index (κ3) is 1.78. The predicted octanol–water partition coefficient (Wildman–Crippen LogP) is 3.20. The maximum Gasteiger partial charge on any atom is 0.0367 e. The zero-order valence-corrected chi connectivity index (χ0v) is 9.50. The SMILES string of the molecule is C1=C2CCCC(Cc3ccccc3)=C2NC1. The van der Waals surface area contributed by atoms with E-state index in [-0.39, 0.29) is 0 Å². The van der Waals surface area contributed by atoms with Crippen LogP contribution < -0.4 is 5.32 Å². The fourth-order valence-electron chi connectivity index (χ4n) is 2.71. The molecule has 82 valence electrons. The molecule has 0 radical (unpaired) electrons. The van der Waals surface area contributed by atoms with Crippen LogP contribution in [-0.4, -0.2) is 6.54 Å². The van der Waals surface area contributed by atoms with Crippen molar-refractivity contribution in [1.82, 2.24) is 5.32 Å². The maximum absolute atomic E-state index is 3.52. The Labute approximate surface area is 96.9 Å². The Morgan fingerprint density at radius 3 is 2.81 bits per heavy atom. The molecular formula is C15H17N. The number of fused-ring (bicyclic) bond motifs is 1. The average Bonchev–Trinajstić information content (AvgIpc) is 2.80. The molecule has 0 spiro atoms. The Morgan fingerprint density at radius 2 is 1.94 bits per heavy atom. The highest BCUT2D eigenvalue weighted by molar-refractivity contribution is 5.42. The predicted molar refractivity (Wildman–Crippen MR) is 67.1 cm³/mol. The zero-order chi connectivity index (χ0) is 10.8.